The predicted octanol–water partition coefficient (Wildman–Crippen LogP) is 5.63. The topological polar surface area (TPSA) is 145 Å². The van der Waals surface area contributed by atoms with Gasteiger partial charge in [-0.1, -0.05) is 17.7 Å². The molecule has 11 nitrogen and oxygen atoms in total. The zero-order valence-electron chi connectivity index (χ0n) is 24.0. The summed E-state index contributed by atoms with van der Waals surface area (Å²) < 4.78 is 15.9. The summed E-state index contributed by atoms with van der Waals surface area (Å²) in [5.74, 6) is -1.23. The van der Waals surface area contributed by atoms with E-state index in [4.69, 9.17) is 25.8 Å². The molecule has 3 N–H and O–H groups in total. The summed E-state index contributed by atoms with van der Waals surface area (Å²) in [7, 11) is 1.23. The van der Waals surface area contributed by atoms with Crippen molar-refractivity contribution in [2.45, 2.75) is 39.7 Å². The lowest BCUT2D eigenvalue weighted by Gasteiger charge is -2.19. The molecule has 0 aliphatic carbocycles. The quantitative estimate of drug-likeness (QED) is 0.202. The summed E-state index contributed by atoms with van der Waals surface area (Å²) in [6.45, 7) is 7.70. The molecule has 0 fully saturated rings. The van der Waals surface area contributed by atoms with Crippen LogP contribution in [0.1, 0.15) is 63.8 Å². The molecule has 0 aliphatic heterocycles. The highest BCUT2D eigenvalue weighted by atomic mass is 35.5. The van der Waals surface area contributed by atoms with E-state index in [9.17, 15) is 19.2 Å². The van der Waals surface area contributed by atoms with Gasteiger partial charge in [-0.15, -0.1) is 0 Å². The molecular weight excluding hydrogens is 564 g/mol. The molecule has 222 valence electrons. The lowest BCUT2D eigenvalue weighted by molar-refractivity contribution is 0.0524. The molecule has 3 rings (SSSR count). The van der Waals surface area contributed by atoms with Gasteiger partial charge in [0.1, 0.15) is 17.2 Å². The van der Waals surface area contributed by atoms with E-state index in [2.05, 4.69) is 20.9 Å². The number of carbonyl (C=O) groups is 4. The van der Waals surface area contributed by atoms with E-state index in [1.807, 2.05) is 6.92 Å². The summed E-state index contributed by atoms with van der Waals surface area (Å²) in [6.07, 6.45) is 1.31. The van der Waals surface area contributed by atoms with Gasteiger partial charge in [-0.3, -0.25) is 9.59 Å². The van der Waals surface area contributed by atoms with Crippen molar-refractivity contribution in [1.82, 2.24) is 10.3 Å². The van der Waals surface area contributed by atoms with Crippen LogP contribution in [-0.4, -0.2) is 54.7 Å². The second-order valence-electron chi connectivity index (χ2n) is 10.2. The van der Waals surface area contributed by atoms with E-state index >= 15 is 0 Å². The maximum Gasteiger partial charge on any atom is 0.407 e. The maximum absolute atomic E-state index is 13.4. The monoisotopic (exact) mass is 596 g/mol. The van der Waals surface area contributed by atoms with Gasteiger partial charge in [0, 0.05) is 12.7 Å². The Morgan fingerprint density at radius 2 is 1.64 bits per heavy atom. The number of benzene rings is 2. The van der Waals surface area contributed by atoms with Gasteiger partial charge in [0.15, 0.2) is 0 Å². The molecule has 0 unspecified atom stereocenters. The number of carbonyl (C=O) groups excluding carboxylic acids is 4. The van der Waals surface area contributed by atoms with Crippen molar-refractivity contribution in [3.8, 4) is 5.75 Å². The Kier molecular flexibility index (Phi) is 10.9. The summed E-state index contributed by atoms with van der Waals surface area (Å²) in [6, 6.07) is 12.3. The number of pyridine rings is 1. The molecule has 0 saturated heterocycles. The molecule has 42 heavy (non-hydrogen) atoms. The Bertz CT molecular complexity index is 1450. The summed E-state index contributed by atoms with van der Waals surface area (Å²) >= 11 is 5.87. The Labute approximate surface area is 248 Å². The second-order valence-corrected chi connectivity index (χ2v) is 10.6. The molecular formula is C30H33ClN4O7. The van der Waals surface area contributed by atoms with E-state index < -0.39 is 29.5 Å². The van der Waals surface area contributed by atoms with Crippen molar-refractivity contribution in [3.05, 3.63) is 82.0 Å². The fourth-order valence-corrected chi connectivity index (χ4v) is 3.72. The SMILES string of the molecule is COC(=O)c1ccc(C(=O)Nc2ccc(Cl)cn2)c(NC(=O)c2ccc(C)cc2OCCCNC(=O)OC(C)(C)C)c1. The zero-order chi connectivity index (χ0) is 30.9. The first-order chi connectivity index (χ1) is 19.9. The molecule has 0 bridgehead atoms. The zero-order valence-corrected chi connectivity index (χ0v) is 24.8. The van der Waals surface area contributed by atoms with Crippen LogP contribution in [0.25, 0.3) is 0 Å². The van der Waals surface area contributed by atoms with Crippen molar-refractivity contribution >= 4 is 47.0 Å². The van der Waals surface area contributed by atoms with Gasteiger partial charge in [-0.25, -0.2) is 14.6 Å². The lowest BCUT2D eigenvalue weighted by atomic mass is 10.1. The van der Waals surface area contributed by atoms with Gasteiger partial charge in [0.2, 0.25) is 0 Å². The van der Waals surface area contributed by atoms with Crippen molar-refractivity contribution in [1.29, 1.82) is 0 Å². The minimum absolute atomic E-state index is 0.0717. The Morgan fingerprint density at radius 3 is 2.31 bits per heavy atom. The van der Waals surface area contributed by atoms with Crippen LogP contribution in [0.2, 0.25) is 5.02 Å². The molecule has 12 heteroatoms. The highest BCUT2D eigenvalue weighted by Gasteiger charge is 2.20. The molecule has 1 aromatic heterocycles. The Balaban J connectivity index is 1.77. The number of amides is 3. The number of aryl methyl sites for hydroxylation is 1. The van der Waals surface area contributed by atoms with Gasteiger partial charge in [0.25, 0.3) is 11.8 Å². The van der Waals surface area contributed by atoms with Crippen molar-refractivity contribution in [2.24, 2.45) is 0 Å². The Morgan fingerprint density at radius 1 is 0.929 bits per heavy atom. The summed E-state index contributed by atoms with van der Waals surface area (Å²) in [5, 5.41) is 8.42. The van der Waals surface area contributed by atoms with Crippen LogP contribution < -0.4 is 20.7 Å². The minimum atomic E-state index is -0.642. The highest BCUT2D eigenvalue weighted by Crippen LogP contribution is 2.25. The fraction of sp³-hybridized carbons (Fsp3) is 0.300. The molecule has 2 aromatic carbocycles. The first-order valence-corrected chi connectivity index (χ1v) is 13.4. The van der Waals surface area contributed by atoms with E-state index in [1.165, 1.54) is 37.6 Å². The van der Waals surface area contributed by atoms with E-state index in [-0.39, 0.29) is 34.8 Å². The summed E-state index contributed by atoms with van der Waals surface area (Å²) in [4.78, 5) is 54.6. The van der Waals surface area contributed by atoms with Crippen LogP contribution in [0.15, 0.2) is 54.7 Å². The fourth-order valence-electron chi connectivity index (χ4n) is 3.61. The van der Waals surface area contributed by atoms with Crippen LogP contribution >= 0.6 is 11.6 Å². The maximum atomic E-state index is 13.4. The van der Waals surface area contributed by atoms with Crippen molar-refractivity contribution in [3.63, 3.8) is 0 Å². The number of hydrogen-bond donors (Lipinski definition) is 3. The Hall–Kier alpha value is -4.64. The third-order valence-electron chi connectivity index (χ3n) is 5.53. The van der Waals surface area contributed by atoms with Crippen LogP contribution in [0.4, 0.5) is 16.3 Å². The van der Waals surface area contributed by atoms with Gasteiger partial charge in [-0.05, 0) is 82.1 Å². The normalized spacial score (nSPS) is 10.8. The molecule has 0 radical (unpaired) electrons. The largest absolute Gasteiger partial charge is 0.493 e. The smallest absolute Gasteiger partial charge is 0.407 e. The van der Waals surface area contributed by atoms with Gasteiger partial charge >= 0.3 is 12.1 Å². The average molecular weight is 597 g/mol. The van der Waals surface area contributed by atoms with Crippen LogP contribution in [0.5, 0.6) is 5.75 Å². The standard InChI is InChI=1S/C30H33ClN4O7/c1-18-7-10-22(24(15-18)41-14-6-13-32-29(39)42-30(2,3)4)27(37)34-23-16-19(28(38)40-5)8-11-21(23)26(36)35-25-12-9-20(31)17-33-25/h7-12,15-17H,6,13-14H2,1-5H3,(H,32,39)(H,34,37)(H,33,35,36). The van der Waals surface area contributed by atoms with Crippen LogP contribution in [0.3, 0.4) is 0 Å². The number of anilines is 2. The molecule has 3 amide bonds. The number of ether oxygens (including phenoxy) is 3. The van der Waals surface area contributed by atoms with Gasteiger partial charge in [0.05, 0.1) is 41.1 Å². The molecule has 0 atom stereocenters. The first-order valence-electron chi connectivity index (χ1n) is 13.0. The number of methoxy groups -OCH3 is 1. The molecule has 3 aromatic rings. The number of nitrogens with zero attached hydrogens (tertiary/aromatic N) is 1. The molecule has 0 spiro atoms. The molecule has 0 saturated carbocycles. The predicted molar refractivity (Wildman–Crippen MR) is 158 cm³/mol. The number of rotatable bonds is 10. The number of nitrogens with one attached hydrogen (secondary N) is 3. The molecule has 1 heterocycles. The molecule has 0 aliphatic rings. The van der Waals surface area contributed by atoms with E-state index in [0.29, 0.717) is 23.7 Å². The minimum Gasteiger partial charge on any atom is -0.493 e. The highest BCUT2D eigenvalue weighted by molar-refractivity contribution is 6.30. The van der Waals surface area contributed by atoms with Gasteiger partial charge in [-0.2, -0.15) is 0 Å². The summed E-state index contributed by atoms with van der Waals surface area (Å²) in [5.41, 5.74) is 0.741. The van der Waals surface area contributed by atoms with Crippen LogP contribution in [-0.2, 0) is 9.47 Å². The third kappa shape index (κ3) is 9.48. The second kappa shape index (κ2) is 14.3. The van der Waals surface area contributed by atoms with Crippen molar-refractivity contribution in [2.75, 3.05) is 30.9 Å². The first kappa shape index (κ1) is 31.9. The average Bonchev–Trinajstić information content (AvgIpc) is 2.92. The number of hydrogen-bond acceptors (Lipinski definition) is 8. The number of aromatic nitrogens is 1. The van der Waals surface area contributed by atoms with Crippen molar-refractivity contribution < 1.29 is 33.4 Å². The number of esters is 1. The number of alkyl carbamates (subject to hydrolysis) is 1. The van der Waals surface area contributed by atoms with Gasteiger partial charge < -0.3 is 30.2 Å². The van der Waals surface area contributed by atoms with E-state index in [0.717, 1.165) is 5.56 Å². The van der Waals surface area contributed by atoms with Crippen LogP contribution in [0, 0.1) is 6.92 Å². The lowest BCUT2D eigenvalue weighted by Crippen LogP contribution is -2.33. The van der Waals surface area contributed by atoms with E-state index in [1.54, 1.807) is 45.0 Å². The third-order valence-corrected chi connectivity index (χ3v) is 5.75. The number of halogens is 1.